The Morgan fingerprint density at radius 1 is 0.947 bits per heavy atom. The fourth-order valence-electron chi connectivity index (χ4n) is 2.28. The summed E-state index contributed by atoms with van der Waals surface area (Å²) in [5.41, 5.74) is 4.58. The molecule has 0 fully saturated rings. The number of para-hydroxylation sites is 1. The van der Waals surface area contributed by atoms with Crippen LogP contribution in [0.5, 0.6) is 0 Å². The molecule has 2 heteroatoms. The number of fused-ring (bicyclic) bond motifs is 1. The standard InChI is InChI=1S/C17H15NS/c1-12-16(13-7-9-15(19-2)10-8-13)11-14-5-3-4-6-17(14)18-12/h3-11H,1-2H3. The number of hydrogen-bond acceptors (Lipinski definition) is 2. The number of hydrogen-bond donors (Lipinski definition) is 0. The predicted octanol–water partition coefficient (Wildman–Crippen LogP) is 4.93. The Bertz CT molecular complexity index is 717. The van der Waals surface area contributed by atoms with Crippen LogP contribution in [0.4, 0.5) is 0 Å². The number of aryl methyl sites for hydroxylation is 1. The zero-order valence-corrected chi connectivity index (χ0v) is 11.9. The van der Waals surface area contributed by atoms with Gasteiger partial charge in [0, 0.05) is 21.5 Å². The molecule has 0 atom stereocenters. The molecular formula is C17H15NS. The first-order valence-electron chi connectivity index (χ1n) is 6.29. The maximum Gasteiger partial charge on any atom is 0.0705 e. The van der Waals surface area contributed by atoms with Crippen LogP contribution < -0.4 is 0 Å². The molecule has 1 heterocycles. The van der Waals surface area contributed by atoms with E-state index in [1.54, 1.807) is 11.8 Å². The molecule has 0 saturated heterocycles. The normalized spacial score (nSPS) is 10.8. The summed E-state index contributed by atoms with van der Waals surface area (Å²) >= 11 is 1.76. The van der Waals surface area contributed by atoms with Gasteiger partial charge in [-0.25, -0.2) is 0 Å². The molecule has 0 radical (unpaired) electrons. The highest BCUT2D eigenvalue weighted by Gasteiger charge is 2.05. The van der Waals surface area contributed by atoms with Crippen molar-refractivity contribution >= 4 is 22.7 Å². The predicted molar refractivity (Wildman–Crippen MR) is 83.7 cm³/mol. The fourth-order valence-corrected chi connectivity index (χ4v) is 2.68. The Morgan fingerprint density at radius 2 is 1.68 bits per heavy atom. The first-order valence-corrected chi connectivity index (χ1v) is 7.51. The third kappa shape index (κ3) is 2.36. The average Bonchev–Trinajstić information content (AvgIpc) is 2.47. The Kier molecular flexibility index (Phi) is 3.26. The van der Waals surface area contributed by atoms with Crippen molar-refractivity contribution in [2.45, 2.75) is 11.8 Å². The van der Waals surface area contributed by atoms with Crippen LogP contribution in [0.1, 0.15) is 5.69 Å². The molecule has 0 bridgehead atoms. The first-order chi connectivity index (χ1) is 9.28. The lowest BCUT2D eigenvalue weighted by atomic mass is 10.0. The SMILES string of the molecule is CSc1ccc(-c2cc3ccccc3nc2C)cc1. The van der Waals surface area contributed by atoms with E-state index in [2.05, 4.69) is 66.7 Å². The summed E-state index contributed by atoms with van der Waals surface area (Å²) in [5, 5.41) is 1.19. The van der Waals surface area contributed by atoms with Crippen molar-refractivity contribution in [2.24, 2.45) is 0 Å². The number of benzene rings is 2. The van der Waals surface area contributed by atoms with Crippen LogP contribution in [0.2, 0.25) is 0 Å². The highest BCUT2D eigenvalue weighted by Crippen LogP contribution is 2.27. The van der Waals surface area contributed by atoms with Gasteiger partial charge >= 0.3 is 0 Å². The van der Waals surface area contributed by atoms with E-state index in [0.717, 1.165) is 11.2 Å². The van der Waals surface area contributed by atoms with Crippen molar-refractivity contribution in [2.75, 3.05) is 6.26 Å². The quantitative estimate of drug-likeness (QED) is 0.609. The van der Waals surface area contributed by atoms with Gasteiger partial charge in [0.2, 0.25) is 0 Å². The number of rotatable bonds is 2. The minimum Gasteiger partial charge on any atom is -0.252 e. The smallest absolute Gasteiger partial charge is 0.0705 e. The molecule has 19 heavy (non-hydrogen) atoms. The maximum atomic E-state index is 4.69. The summed E-state index contributed by atoms with van der Waals surface area (Å²) in [5.74, 6) is 0. The molecule has 2 aromatic carbocycles. The van der Waals surface area contributed by atoms with E-state index in [1.807, 2.05) is 6.07 Å². The highest BCUT2D eigenvalue weighted by molar-refractivity contribution is 7.98. The van der Waals surface area contributed by atoms with Gasteiger partial charge in [0.05, 0.1) is 5.52 Å². The number of pyridine rings is 1. The zero-order valence-electron chi connectivity index (χ0n) is 11.1. The van der Waals surface area contributed by atoms with Crippen LogP contribution in [0, 0.1) is 6.92 Å². The van der Waals surface area contributed by atoms with Crippen molar-refractivity contribution in [1.29, 1.82) is 0 Å². The van der Waals surface area contributed by atoms with Crippen LogP contribution in [0.3, 0.4) is 0 Å². The van der Waals surface area contributed by atoms with Gasteiger partial charge < -0.3 is 0 Å². The molecule has 3 rings (SSSR count). The van der Waals surface area contributed by atoms with Gasteiger partial charge in [-0.05, 0) is 43.0 Å². The molecule has 3 aromatic rings. The first kappa shape index (κ1) is 12.2. The molecule has 0 unspecified atom stereocenters. The van der Waals surface area contributed by atoms with E-state index in [-0.39, 0.29) is 0 Å². The molecular weight excluding hydrogens is 250 g/mol. The second-order valence-corrected chi connectivity index (χ2v) is 5.42. The van der Waals surface area contributed by atoms with Crippen LogP contribution in [-0.2, 0) is 0 Å². The number of nitrogens with zero attached hydrogens (tertiary/aromatic N) is 1. The lowest BCUT2D eigenvalue weighted by molar-refractivity contribution is 1.25. The Labute approximate surface area is 117 Å². The Balaban J connectivity index is 2.15. The molecule has 0 aliphatic heterocycles. The maximum absolute atomic E-state index is 4.69. The third-order valence-corrected chi connectivity index (χ3v) is 4.06. The summed E-state index contributed by atoms with van der Waals surface area (Å²) in [7, 11) is 0. The van der Waals surface area contributed by atoms with Crippen molar-refractivity contribution in [3.05, 3.63) is 60.3 Å². The number of thioether (sulfide) groups is 1. The van der Waals surface area contributed by atoms with Crippen molar-refractivity contribution in [1.82, 2.24) is 4.98 Å². The zero-order chi connectivity index (χ0) is 13.2. The molecule has 94 valence electrons. The topological polar surface area (TPSA) is 12.9 Å². The summed E-state index contributed by atoms with van der Waals surface area (Å²) in [4.78, 5) is 5.98. The molecule has 0 aliphatic rings. The average molecular weight is 265 g/mol. The minimum absolute atomic E-state index is 1.06. The van der Waals surface area contributed by atoms with E-state index >= 15 is 0 Å². The molecule has 0 spiro atoms. The van der Waals surface area contributed by atoms with Gasteiger partial charge in [0.1, 0.15) is 0 Å². The van der Waals surface area contributed by atoms with Crippen molar-refractivity contribution < 1.29 is 0 Å². The van der Waals surface area contributed by atoms with Crippen LogP contribution in [-0.4, -0.2) is 11.2 Å². The Morgan fingerprint density at radius 3 is 2.42 bits per heavy atom. The van der Waals surface area contributed by atoms with E-state index in [9.17, 15) is 0 Å². The van der Waals surface area contributed by atoms with E-state index < -0.39 is 0 Å². The molecule has 0 N–H and O–H groups in total. The second kappa shape index (κ2) is 5.06. The summed E-state index contributed by atoms with van der Waals surface area (Å²) in [6.07, 6.45) is 2.10. The van der Waals surface area contributed by atoms with Crippen LogP contribution >= 0.6 is 11.8 Å². The molecule has 0 saturated carbocycles. The van der Waals surface area contributed by atoms with Gasteiger partial charge in [-0.2, -0.15) is 0 Å². The minimum atomic E-state index is 1.06. The third-order valence-electron chi connectivity index (χ3n) is 3.32. The van der Waals surface area contributed by atoms with E-state index in [0.29, 0.717) is 0 Å². The lowest BCUT2D eigenvalue weighted by Gasteiger charge is -2.08. The van der Waals surface area contributed by atoms with Gasteiger partial charge in [0.25, 0.3) is 0 Å². The van der Waals surface area contributed by atoms with Crippen molar-refractivity contribution in [3.63, 3.8) is 0 Å². The molecule has 1 nitrogen and oxygen atoms in total. The summed E-state index contributed by atoms with van der Waals surface area (Å²) < 4.78 is 0. The monoisotopic (exact) mass is 265 g/mol. The van der Waals surface area contributed by atoms with E-state index in [4.69, 9.17) is 0 Å². The number of aromatic nitrogens is 1. The fraction of sp³-hybridized carbons (Fsp3) is 0.118. The highest BCUT2D eigenvalue weighted by atomic mass is 32.2. The molecule has 0 aliphatic carbocycles. The molecule has 0 amide bonds. The van der Waals surface area contributed by atoms with Gasteiger partial charge in [0.15, 0.2) is 0 Å². The van der Waals surface area contributed by atoms with Crippen LogP contribution in [0.15, 0.2) is 59.5 Å². The van der Waals surface area contributed by atoms with Crippen LogP contribution in [0.25, 0.3) is 22.0 Å². The second-order valence-electron chi connectivity index (χ2n) is 4.54. The van der Waals surface area contributed by atoms with E-state index in [1.165, 1.54) is 21.4 Å². The molecule has 1 aromatic heterocycles. The van der Waals surface area contributed by atoms with Gasteiger partial charge in [-0.1, -0.05) is 30.3 Å². The summed E-state index contributed by atoms with van der Waals surface area (Å²) in [6, 6.07) is 19.1. The Hall–Kier alpha value is -1.80. The largest absolute Gasteiger partial charge is 0.252 e. The van der Waals surface area contributed by atoms with Gasteiger partial charge in [-0.15, -0.1) is 11.8 Å². The van der Waals surface area contributed by atoms with Crippen molar-refractivity contribution in [3.8, 4) is 11.1 Å². The summed E-state index contributed by atoms with van der Waals surface area (Å²) in [6.45, 7) is 2.07. The lowest BCUT2D eigenvalue weighted by Crippen LogP contribution is -1.89. The van der Waals surface area contributed by atoms with Gasteiger partial charge in [-0.3, -0.25) is 4.98 Å².